The maximum Gasteiger partial charge on any atom is 0.573 e. The fraction of sp³-hybridized carbons (Fsp3) is 0.407. The molecule has 0 spiro atoms. The Morgan fingerprint density at radius 3 is 2.43 bits per heavy atom. The van der Waals surface area contributed by atoms with Crippen molar-refractivity contribution in [3.8, 4) is 5.75 Å². The molecular weight excluding hydrogens is 485 g/mol. The number of carbonyl (C=O) groups is 1. The molecule has 3 aromatic rings. The smallest absolute Gasteiger partial charge is 0.406 e. The molecule has 2 heterocycles. The highest BCUT2D eigenvalue weighted by Crippen LogP contribution is 2.24. The van der Waals surface area contributed by atoms with E-state index in [-0.39, 0.29) is 17.6 Å². The van der Waals surface area contributed by atoms with Crippen LogP contribution in [0.1, 0.15) is 47.8 Å². The summed E-state index contributed by atoms with van der Waals surface area (Å²) in [5.41, 5.74) is 3.97. The first-order valence-electron chi connectivity index (χ1n) is 12.1. The number of piperidine rings is 1. The van der Waals surface area contributed by atoms with Crippen molar-refractivity contribution in [2.24, 2.45) is 0 Å². The van der Waals surface area contributed by atoms with Gasteiger partial charge in [-0.3, -0.25) is 4.79 Å². The van der Waals surface area contributed by atoms with Crippen molar-refractivity contribution in [2.75, 3.05) is 18.0 Å². The van der Waals surface area contributed by atoms with Crippen LogP contribution in [0.25, 0.3) is 0 Å². The van der Waals surface area contributed by atoms with Crippen LogP contribution in [0.4, 0.5) is 19.1 Å². The highest BCUT2D eigenvalue weighted by atomic mass is 19.4. The van der Waals surface area contributed by atoms with Crippen LogP contribution < -0.4 is 9.64 Å². The SMILES string of the molecule is CC(=O)Cc1cccc(Cc2ncnc(N3CCC(OCc4ccc(OC(F)(F)F)cc4)CC3)n2)c1C. The fourth-order valence-electron chi connectivity index (χ4n) is 4.34. The van der Waals surface area contributed by atoms with E-state index in [4.69, 9.17) is 4.74 Å². The second-order valence-electron chi connectivity index (χ2n) is 9.15. The number of rotatable bonds is 9. The average Bonchev–Trinajstić information content (AvgIpc) is 2.85. The maximum atomic E-state index is 12.3. The molecule has 1 saturated heterocycles. The Kier molecular flexibility index (Phi) is 8.38. The van der Waals surface area contributed by atoms with Crippen LogP contribution in [-0.2, 0) is 29.0 Å². The van der Waals surface area contributed by atoms with E-state index in [1.165, 1.54) is 18.5 Å². The molecule has 37 heavy (non-hydrogen) atoms. The van der Waals surface area contributed by atoms with E-state index in [1.807, 2.05) is 25.1 Å². The Bertz CT molecular complexity index is 1210. The van der Waals surface area contributed by atoms with Crippen molar-refractivity contribution in [1.82, 2.24) is 15.0 Å². The summed E-state index contributed by atoms with van der Waals surface area (Å²) >= 11 is 0. The number of Topliss-reactive ketones (excluding diaryl/α,β-unsaturated/α-hetero) is 1. The quantitative estimate of drug-likeness (QED) is 0.398. The highest BCUT2D eigenvalue weighted by Gasteiger charge is 2.31. The first-order chi connectivity index (χ1) is 17.7. The summed E-state index contributed by atoms with van der Waals surface area (Å²) in [6.45, 7) is 5.37. The number of aromatic nitrogens is 3. The third kappa shape index (κ3) is 7.72. The number of ketones is 1. The van der Waals surface area contributed by atoms with Crippen LogP contribution in [0.3, 0.4) is 0 Å². The molecule has 4 rings (SSSR count). The molecular formula is C27H29F3N4O3. The lowest BCUT2D eigenvalue weighted by molar-refractivity contribution is -0.274. The standard InChI is InChI=1S/C27H29F3N4O3/c1-18(35)14-21-4-3-5-22(19(21)2)15-25-31-17-32-26(33-25)34-12-10-23(11-13-34)36-16-20-6-8-24(9-7-20)37-27(28,29)30/h3-9,17,23H,10-16H2,1-2H3. The van der Waals surface area contributed by atoms with Gasteiger partial charge >= 0.3 is 6.36 Å². The molecule has 1 fully saturated rings. The number of nitrogens with zero attached hydrogens (tertiary/aromatic N) is 4. The van der Waals surface area contributed by atoms with E-state index in [0.717, 1.165) is 48.2 Å². The average molecular weight is 515 g/mol. The predicted octanol–water partition coefficient (Wildman–Crippen LogP) is 4.99. The third-order valence-corrected chi connectivity index (χ3v) is 6.32. The number of hydrogen-bond acceptors (Lipinski definition) is 7. The van der Waals surface area contributed by atoms with Crippen molar-refractivity contribution in [2.45, 2.75) is 58.6 Å². The second kappa shape index (κ2) is 11.7. The highest BCUT2D eigenvalue weighted by molar-refractivity contribution is 5.78. The molecule has 0 atom stereocenters. The summed E-state index contributed by atoms with van der Waals surface area (Å²) in [5.74, 6) is 1.18. The molecule has 1 aromatic heterocycles. The van der Waals surface area contributed by atoms with Gasteiger partial charge in [-0.25, -0.2) is 9.97 Å². The molecule has 0 unspecified atom stereocenters. The van der Waals surface area contributed by atoms with E-state index in [0.29, 0.717) is 31.2 Å². The first-order valence-corrected chi connectivity index (χ1v) is 12.1. The summed E-state index contributed by atoms with van der Waals surface area (Å²) in [6, 6.07) is 11.7. The minimum atomic E-state index is -4.70. The summed E-state index contributed by atoms with van der Waals surface area (Å²) < 4.78 is 46.8. The topological polar surface area (TPSA) is 77.4 Å². The molecule has 0 N–H and O–H groups in total. The molecule has 2 aromatic carbocycles. The third-order valence-electron chi connectivity index (χ3n) is 6.32. The van der Waals surface area contributed by atoms with E-state index in [1.54, 1.807) is 19.1 Å². The molecule has 1 aliphatic heterocycles. The number of ether oxygens (including phenoxy) is 2. The van der Waals surface area contributed by atoms with Crippen LogP contribution in [0.5, 0.6) is 5.75 Å². The largest absolute Gasteiger partial charge is 0.573 e. The van der Waals surface area contributed by atoms with Crippen molar-refractivity contribution in [1.29, 1.82) is 0 Å². The van der Waals surface area contributed by atoms with Crippen LogP contribution in [0.2, 0.25) is 0 Å². The molecule has 7 nitrogen and oxygen atoms in total. The second-order valence-corrected chi connectivity index (χ2v) is 9.15. The van der Waals surface area contributed by atoms with Crippen molar-refractivity contribution in [3.05, 3.63) is 76.9 Å². The van der Waals surface area contributed by atoms with Crippen LogP contribution in [-0.4, -0.2) is 46.3 Å². The summed E-state index contributed by atoms with van der Waals surface area (Å²) in [4.78, 5) is 27.1. The summed E-state index contributed by atoms with van der Waals surface area (Å²) in [7, 11) is 0. The van der Waals surface area contributed by atoms with Gasteiger partial charge in [0.05, 0.1) is 12.7 Å². The minimum absolute atomic E-state index is 0.0373. The monoisotopic (exact) mass is 514 g/mol. The number of carbonyl (C=O) groups excluding carboxylic acids is 1. The van der Waals surface area contributed by atoms with E-state index >= 15 is 0 Å². The Morgan fingerprint density at radius 1 is 1.05 bits per heavy atom. The fourth-order valence-corrected chi connectivity index (χ4v) is 4.34. The van der Waals surface area contributed by atoms with E-state index < -0.39 is 6.36 Å². The van der Waals surface area contributed by atoms with Gasteiger partial charge in [0.15, 0.2) is 0 Å². The molecule has 0 saturated carbocycles. The van der Waals surface area contributed by atoms with Gasteiger partial charge in [0.25, 0.3) is 0 Å². The zero-order chi connectivity index (χ0) is 26.4. The Hall–Kier alpha value is -3.53. The van der Waals surface area contributed by atoms with Crippen molar-refractivity contribution < 1.29 is 27.4 Å². The molecule has 1 aliphatic rings. The number of alkyl halides is 3. The minimum Gasteiger partial charge on any atom is -0.406 e. The van der Waals surface area contributed by atoms with Crippen molar-refractivity contribution >= 4 is 11.7 Å². The lowest BCUT2D eigenvalue weighted by Gasteiger charge is -2.32. The van der Waals surface area contributed by atoms with Gasteiger partial charge in [-0.2, -0.15) is 4.98 Å². The lowest BCUT2D eigenvalue weighted by atomic mass is 9.97. The normalized spacial score (nSPS) is 14.6. The molecule has 196 valence electrons. The summed E-state index contributed by atoms with van der Waals surface area (Å²) in [5, 5.41) is 0. The summed E-state index contributed by atoms with van der Waals surface area (Å²) in [6.07, 6.45) is -0.607. The van der Waals surface area contributed by atoms with Crippen LogP contribution >= 0.6 is 0 Å². The number of benzene rings is 2. The molecule has 0 radical (unpaired) electrons. The first kappa shape index (κ1) is 26.5. The predicted molar refractivity (Wildman–Crippen MR) is 131 cm³/mol. The Labute approximate surface area is 213 Å². The maximum absolute atomic E-state index is 12.3. The van der Waals surface area contributed by atoms with Gasteiger partial charge in [-0.05, 0) is 61.1 Å². The van der Waals surface area contributed by atoms with Gasteiger partial charge in [0.2, 0.25) is 5.95 Å². The van der Waals surface area contributed by atoms with Crippen molar-refractivity contribution in [3.63, 3.8) is 0 Å². The Morgan fingerprint density at radius 2 is 1.76 bits per heavy atom. The van der Waals surface area contributed by atoms with Crippen LogP contribution in [0, 0.1) is 6.92 Å². The lowest BCUT2D eigenvalue weighted by Crippen LogP contribution is -2.38. The Balaban J connectivity index is 1.29. The van der Waals surface area contributed by atoms with Gasteiger partial charge in [0.1, 0.15) is 23.7 Å². The molecule has 0 bridgehead atoms. The zero-order valence-electron chi connectivity index (χ0n) is 20.8. The van der Waals surface area contributed by atoms with Gasteiger partial charge in [0, 0.05) is 25.9 Å². The number of hydrogen-bond donors (Lipinski definition) is 0. The van der Waals surface area contributed by atoms with Gasteiger partial charge in [-0.15, -0.1) is 13.2 Å². The molecule has 0 amide bonds. The number of halogens is 3. The number of anilines is 1. The van der Waals surface area contributed by atoms with E-state index in [9.17, 15) is 18.0 Å². The van der Waals surface area contributed by atoms with Gasteiger partial charge in [-0.1, -0.05) is 30.3 Å². The van der Waals surface area contributed by atoms with Gasteiger partial charge < -0.3 is 14.4 Å². The van der Waals surface area contributed by atoms with E-state index in [2.05, 4.69) is 24.6 Å². The zero-order valence-corrected chi connectivity index (χ0v) is 20.8. The molecule has 0 aliphatic carbocycles. The molecule has 10 heteroatoms. The van der Waals surface area contributed by atoms with Crippen LogP contribution in [0.15, 0.2) is 48.8 Å².